The highest BCUT2D eigenvalue weighted by Gasteiger charge is 2.53. The lowest BCUT2D eigenvalue weighted by Gasteiger charge is -2.22. The summed E-state index contributed by atoms with van der Waals surface area (Å²) in [6, 6.07) is 0. The molecule has 0 N–H and O–H groups in total. The van der Waals surface area contributed by atoms with Crippen LogP contribution in [0.4, 0.5) is 0 Å². The molecule has 2 heterocycles. The molecule has 0 radical (unpaired) electrons. The Labute approximate surface area is 123 Å². The standard InChI is InChI=1S/C16H30O4/c1-6-9-14(17-10-15(7-2)12(4)19-15)18-11-16(8-3)13(5)20-16/h12-14H,6-11H2,1-5H3. The van der Waals surface area contributed by atoms with Crippen molar-refractivity contribution >= 4 is 0 Å². The van der Waals surface area contributed by atoms with E-state index in [1.165, 1.54) is 0 Å². The molecule has 2 rings (SSSR count). The zero-order chi connectivity index (χ0) is 14.8. The van der Waals surface area contributed by atoms with E-state index in [0.717, 1.165) is 25.7 Å². The van der Waals surface area contributed by atoms with Crippen LogP contribution in [0.5, 0.6) is 0 Å². The van der Waals surface area contributed by atoms with Gasteiger partial charge in [0.25, 0.3) is 0 Å². The van der Waals surface area contributed by atoms with Crippen molar-refractivity contribution in [1.82, 2.24) is 0 Å². The predicted octanol–water partition coefficient (Wildman–Crippen LogP) is 3.28. The van der Waals surface area contributed by atoms with Crippen molar-refractivity contribution in [3.05, 3.63) is 0 Å². The average Bonchev–Trinajstić information content (AvgIpc) is 3.30. The summed E-state index contributed by atoms with van der Waals surface area (Å²) >= 11 is 0. The van der Waals surface area contributed by atoms with Crippen LogP contribution in [-0.4, -0.2) is 42.9 Å². The molecule has 4 unspecified atom stereocenters. The second kappa shape index (κ2) is 6.30. The maximum atomic E-state index is 5.97. The molecule has 2 aliphatic rings. The van der Waals surface area contributed by atoms with Gasteiger partial charge in [0.05, 0.1) is 25.4 Å². The lowest BCUT2D eigenvalue weighted by atomic mass is 10.0. The monoisotopic (exact) mass is 286 g/mol. The third-order valence-corrected chi connectivity index (χ3v) is 4.94. The fourth-order valence-electron chi connectivity index (χ4n) is 2.80. The maximum Gasteiger partial charge on any atom is 0.157 e. The van der Waals surface area contributed by atoms with Crippen LogP contribution in [0.2, 0.25) is 0 Å². The van der Waals surface area contributed by atoms with Crippen molar-refractivity contribution in [1.29, 1.82) is 0 Å². The molecule has 0 amide bonds. The zero-order valence-corrected chi connectivity index (χ0v) is 13.6. The van der Waals surface area contributed by atoms with Crippen molar-refractivity contribution in [3.63, 3.8) is 0 Å². The number of rotatable bonds is 10. The van der Waals surface area contributed by atoms with E-state index < -0.39 is 0 Å². The van der Waals surface area contributed by atoms with E-state index in [1.807, 2.05) is 0 Å². The minimum atomic E-state index is -0.139. The number of ether oxygens (including phenoxy) is 4. The lowest BCUT2D eigenvalue weighted by molar-refractivity contribution is -0.164. The molecule has 0 spiro atoms. The summed E-state index contributed by atoms with van der Waals surface area (Å²) in [5, 5.41) is 0. The van der Waals surface area contributed by atoms with Gasteiger partial charge < -0.3 is 18.9 Å². The Morgan fingerprint density at radius 3 is 1.55 bits per heavy atom. The average molecular weight is 286 g/mol. The maximum absolute atomic E-state index is 5.97. The minimum Gasteiger partial charge on any atom is -0.364 e. The molecule has 2 fully saturated rings. The van der Waals surface area contributed by atoms with Gasteiger partial charge in [0.2, 0.25) is 0 Å². The van der Waals surface area contributed by atoms with Crippen LogP contribution in [-0.2, 0) is 18.9 Å². The van der Waals surface area contributed by atoms with Gasteiger partial charge in [0.1, 0.15) is 11.2 Å². The zero-order valence-electron chi connectivity index (χ0n) is 13.6. The van der Waals surface area contributed by atoms with Crippen LogP contribution in [0.1, 0.15) is 60.3 Å². The van der Waals surface area contributed by atoms with E-state index in [2.05, 4.69) is 34.6 Å². The molecule has 2 saturated heterocycles. The quantitative estimate of drug-likeness (QED) is 0.456. The highest BCUT2D eigenvalue weighted by atomic mass is 16.7. The molecule has 0 aliphatic carbocycles. The van der Waals surface area contributed by atoms with Crippen LogP contribution in [0, 0.1) is 0 Å². The van der Waals surface area contributed by atoms with Crippen molar-refractivity contribution in [2.45, 2.75) is 90.0 Å². The first kappa shape index (κ1) is 16.2. The van der Waals surface area contributed by atoms with Gasteiger partial charge in [0.15, 0.2) is 6.29 Å². The predicted molar refractivity (Wildman–Crippen MR) is 77.7 cm³/mol. The summed E-state index contributed by atoms with van der Waals surface area (Å²) in [7, 11) is 0. The smallest absolute Gasteiger partial charge is 0.157 e. The Hall–Kier alpha value is -0.160. The van der Waals surface area contributed by atoms with Gasteiger partial charge in [-0.15, -0.1) is 0 Å². The molecule has 0 aromatic rings. The summed E-state index contributed by atoms with van der Waals surface area (Å²) in [4.78, 5) is 0. The number of hydrogen-bond acceptors (Lipinski definition) is 4. The first-order valence-corrected chi connectivity index (χ1v) is 8.10. The highest BCUT2D eigenvalue weighted by Crippen LogP contribution is 2.41. The number of hydrogen-bond donors (Lipinski definition) is 0. The van der Waals surface area contributed by atoms with E-state index in [0.29, 0.717) is 25.4 Å². The van der Waals surface area contributed by atoms with E-state index in [-0.39, 0.29) is 17.5 Å². The van der Waals surface area contributed by atoms with Gasteiger partial charge in [0, 0.05) is 0 Å². The van der Waals surface area contributed by atoms with E-state index in [1.54, 1.807) is 0 Å². The van der Waals surface area contributed by atoms with Crippen LogP contribution in [0.15, 0.2) is 0 Å². The Balaban J connectivity index is 1.76. The van der Waals surface area contributed by atoms with E-state index in [9.17, 15) is 0 Å². The van der Waals surface area contributed by atoms with Gasteiger partial charge in [-0.2, -0.15) is 0 Å². The van der Waals surface area contributed by atoms with Gasteiger partial charge in [-0.3, -0.25) is 0 Å². The number of epoxide rings is 2. The van der Waals surface area contributed by atoms with Gasteiger partial charge >= 0.3 is 0 Å². The third-order valence-electron chi connectivity index (χ3n) is 4.94. The van der Waals surface area contributed by atoms with Crippen molar-refractivity contribution in [2.75, 3.05) is 13.2 Å². The summed E-state index contributed by atoms with van der Waals surface area (Å²) in [6.07, 6.45) is 4.43. The topological polar surface area (TPSA) is 43.5 Å². The van der Waals surface area contributed by atoms with Crippen LogP contribution < -0.4 is 0 Å². The van der Waals surface area contributed by atoms with Crippen LogP contribution >= 0.6 is 0 Å². The molecule has 118 valence electrons. The van der Waals surface area contributed by atoms with Crippen molar-refractivity contribution < 1.29 is 18.9 Å². The fourth-order valence-corrected chi connectivity index (χ4v) is 2.80. The summed E-state index contributed by atoms with van der Waals surface area (Å²) in [6.45, 7) is 11.9. The Morgan fingerprint density at radius 1 is 0.900 bits per heavy atom. The molecule has 4 atom stereocenters. The second-order valence-electron chi connectivity index (χ2n) is 6.20. The molecule has 20 heavy (non-hydrogen) atoms. The molecule has 2 aliphatic heterocycles. The van der Waals surface area contributed by atoms with E-state index >= 15 is 0 Å². The normalized spacial score (nSPS) is 40.6. The third kappa shape index (κ3) is 3.35. The Bertz CT molecular complexity index is 286. The first-order chi connectivity index (χ1) is 9.52. The molecule has 4 heteroatoms. The van der Waals surface area contributed by atoms with Gasteiger partial charge in [-0.25, -0.2) is 0 Å². The molecule has 0 aromatic carbocycles. The SMILES string of the molecule is CCCC(OCC1(CC)OC1C)OCC1(CC)OC1C. The fraction of sp³-hybridized carbons (Fsp3) is 1.00. The molecule has 0 saturated carbocycles. The summed E-state index contributed by atoms with van der Waals surface area (Å²) < 4.78 is 23.3. The molecular weight excluding hydrogens is 256 g/mol. The summed E-state index contributed by atoms with van der Waals surface area (Å²) in [5.74, 6) is 0. The molecule has 0 aromatic heterocycles. The van der Waals surface area contributed by atoms with Crippen LogP contribution in [0.25, 0.3) is 0 Å². The lowest BCUT2D eigenvalue weighted by Crippen LogP contribution is -2.31. The van der Waals surface area contributed by atoms with Crippen molar-refractivity contribution in [2.24, 2.45) is 0 Å². The highest BCUT2D eigenvalue weighted by molar-refractivity contribution is 5.00. The Morgan fingerprint density at radius 2 is 1.30 bits per heavy atom. The van der Waals surface area contributed by atoms with E-state index in [4.69, 9.17) is 18.9 Å². The van der Waals surface area contributed by atoms with Gasteiger partial charge in [-0.1, -0.05) is 27.2 Å². The summed E-state index contributed by atoms with van der Waals surface area (Å²) in [5.41, 5.74) is -0.137. The van der Waals surface area contributed by atoms with Crippen LogP contribution in [0.3, 0.4) is 0 Å². The van der Waals surface area contributed by atoms with Crippen molar-refractivity contribution in [3.8, 4) is 0 Å². The molecular formula is C16H30O4. The molecule has 0 bridgehead atoms. The second-order valence-corrected chi connectivity index (χ2v) is 6.20. The largest absolute Gasteiger partial charge is 0.364 e. The minimum absolute atomic E-state index is 0.0683. The van der Waals surface area contributed by atoms with Gasteiger partial charge in [-0.05, 0) is 33.1 Å². The molecule has 4 nitrogen and oxygen atoms in total. The Kier molecular flexibility index (Phi) is 5.11. The first-order valence-electron chi connectivity index (χ1n) is 8.10.